The Morgan fingerprint density at radius 3 is 2.56 bits per heavy atom. The van der Waals surface area contributed by atoms with Crippen molar-refractivity contribution in [3.8, 4) is 11.3 Å². The number of rotatable bonds is 8. The second kappa shape index (κ2) is 9.45. The Morgan fingerprint density at radius 2 is 1.81 bits per heavy atom. The van der Waals surface area contributed by atoms with E-state index >= 15 is 0 Å². The van der Waals surface area contributed by atoms with Crippen molar-refractivity contribution < 1.29 is 9.53 Å². The van der Waals surface area contributed by atoms with Crippen LogP contribution in [0.3, 0.4) is 0 Å². The summed E-state index contributed by atoms with van der Waals surface area (Å²) in [7, 11) is 1.65. The van der Waals surface area contributed by atoms with Gasteiger partial charge in [0.2, 0.25) is 0 Å². The molecule has 6 heteroatoms. The van der Waals surface area contributed by atoms with Gasteiger partial charge in [-0.15, -0.1) is 0 Å². The Hall–Kier alpha value is -3.25. The lowest BCUT2D eigenvalue weighted by Crippen LogP contribution is -2.25. The van der Waals surface area contributed by atoms with Crippen molar-refractivity contribution in [1.29, 1.82) is 0 Å². The highest BCUT2D eigenvalue weighted by atomic mass is 16.5. The van der Waals surface area contributed by atoms with E-state index in [0.717, 1.165) is 23.4 Å². The number of anilines is 2. The molecule has 0 radical (unpaired) electrons. The molecule has 0 saturated carbocycles. The van der Waals surface area contributed by atoms with Gasteiger partial charge in [-0.25, -0.2) is 9.97 Å². The topological polar surface area (TPSA) is 76.1 Å². The number of hydrogen-bond donors (Lipinski definition) is 2. The first-order valence-electron chi connectivity index (χ1n) is 8.78. The maximum Gasteiger partial charge on any atom is 0.251 e. The van der Waals surface area contributed by atoms with Crippen LogP contribution in [0.25, 0.3) is 11.3 Å². The minimum absolute atomic E-state index is 0.0916. The minimum atomic E-state index is -0.0916. The highest BCUT2D eigenvalue weighted by Gasteiger charge is 2.06. The number of hydrogen-bond acceptors (Lipinski definition) is 5. The van der Waals surface area contributed by atoms with Crippen molar-refractivity contribution in [3.63, 3.8) is 0 Å². The third-order valence-electron chi connectivity index (χ3n) is 3.97. The van der Waals surface area contributed by atoms with Gasteiger partial charge >= 0.3 is 0 Å². The fourth-order valence-corrected chi connectivity index (χ4v) is 2.57. The molecule has 0 aliphatic heterocycles. The fourth-order valence-electron chi connectivity index (χ4n) is 2.57. The summed E-state index contributed by atoms with van der Waals surface area (Å²) in [5, 5.41) is 6.11. The Kier molecular flexibility index (Phi) is 6.49. The molecule has 0 unspecified atom stereocenters. The molecule has 0 atom stereocenters. The SMILES string of the molecule is COCCCNC(=O)c1ccc(Nc2cc(-c3ccccc3)ncn2)cc1. The highest BCUT2D eigenvalue weighted by Crippen LogP contribution is 2.21. The number of benzene rings is 2. The molecule has 0 bridgehead atoms. The summed E-state index contributed by atoms with van der Waals surface area (Å²) < 4.78 is 4.97. The van der Waals surface area contributed by atoms with Crippen LogP contribution in [0.2, 0.25) is 0 Å². The average Bonchev–Trinajstić information content (AvgIpc) is 2.72. The van der Waals surface area contributed by atoms with Gasteiger partial charge in [0.05, 0.1) is 5.69 Å². The van der Waals surface area contributed by atoms with Crippen LogP contribution in [0, 0.1) is 0 Å². The molecule has 0 spiro atoms. The lowest BCUT2D eigenvalue weighted by molar-refractivity contribution is 0.0948. The van der Waals surface area contributed by atoms with E-state index in [-0.39, 0.29) is 5.91 Å². The Bertz CT molecular complexity index is 867. The molecule has 0 aliphatic rings. The molecule has 1 heterocycles. The second-order valence-electron chi connectivity index (χ2n) is 5.96. The number of amides is 1. The molecule has 27 heavy (non-hydrogen) atoms. The van der Waals surface area contributed by atoms with E-state index in [1.54, 1.807) is 19.2 Å². The summed E-state index contributed by atoms with van der Waals surface area (Å²) in [4.78, 5) is 20.7. The van der Waals surface area contributed by atoms with Crippen LogP contribution in [0.1, 0.15) is 16.8 Å². The van der Waals surface area contributed by atoms with Gasteiger partial charge in [-0.1, -0.05) is 30.3 Å². The summed E-state index contributed by atoms with van der Waals surface area (Å²) in [5.41, 5.74) is 3.35. The predicted molar refractivity (Wildman–Crippen MR) is 106 cm³/mol. The molecule has 0 fully saturated rings. The molecule has 1 amide bonds. The average molecular weight is 362 g/mol. The van der Waals surface area contributed by atoms with Crippen LogP contribution in [-0.4, -0.2) is 36.1 Å². The molecule has 2 aromatic carbocycles. The molecule has 1 aromatic heterocycles. The van der Waals surface area contributed by atoms with Gasteiger partial charge < -0.3 is 15.4 Å². The van der Waals surface area contributed by atoms with E-state index in [1.807, 2.05) is 48.5 Å². The van der Waals surface area contributed by atoms with Gasteiger partial charge in [-0.05, 0) is 30.7 Å². The van der Waals surface area contributed by atoms with Gasteiger partial charge in [0, 0.05) is 43.1 Å². The van der Waals surface area contributed by atoms with Crippen molar-refractivity contribution in [3.05, 3.63) is 72.6 Å². The first-order valence-corrected chi connectivity index (χ1v) is 8.78. The van der Waals surface area contributed by atoms with Crippen molar-refractivity contribution in [2.24, 2.45) is 0 Å². The normalized spacial score (nSPS) is 10.4. The van der Waals surface area contributed by atoms with Crippen molar-refractivity contribution in [1.82, 2.24) is 15.3 Å². The monoisotopic (exact) mass is 362 g/mol. The summed E-state index contributed by atoms with van der Waals surface area (Å²) in [6.07, 6.45) is 2.33. The van der Waals surface area contributed by atoms with Gasteiger partial charge in [-0.3, -0.25) is 4.79 Å². The first-order chi connectivity index (χ1) is 13.3. The summed E-state index contributed by atoms with van der Waals surface area (Å²) >= 11 is 0. The van der Waals surface area contributed by atoms with Crippen LogP contribution in [0.4, 0.5) is 11.5 Å². The zero-order valence-corrected chi connectivity index (χ0v) is 15.2. The maximum absolute atomic E-state index is 12.1. The predicted octanol–water partition coefficient (Wildman–Crippen LogP) is 3.65. The minimum Gasteiger partial charge on any atom is -0.385 e. The lowest BCUT2D eigenvalue weighted by atomic mass is 10.1. The quantitative estimate of drug-likeness (QED) is 0.598. The van der Waals surface area contributed by atoms with E-state index in [2.05, 4.69) is 20.6 Å². The van der Waals surface area contributed by atoms with Gasteiger partial charge in [0.1, 0.15) is 12.1 Å². The van der Waals surface area contributed by atoms with Crippen molar-refractivity contribution >= 4 is 17.4 Å². The smallest absolute Gasteiger partial charge is 0.251 e. The molecule has 2 N–H and O–H groups in total. The molecular formula is C21H22N4O2. The van der Waals surface area contributed by atoms with Crippen LogP contribution in [-0.2, 0) is 4.74 Å². The molecule has 3 aromatic rings. The molecular weight excluding hydrogens is 340 g/mol. The van der Waals surface area contributed by atoms with Gasteiger partial charge in [0.15, 0.2) is 0 Å². The van der Waals surface area contributed by atoms with E-state index in [0.29, 0.717) is 24.5 Å². The van der Waals surface area contributed by atoms with Gasteiger partial charge in [0.25, 0.3) is 5.91 Å². The molecule has 0 aliphatic carbocycles. The van der Waals surface area contributed by atoms with Crippen molar-refractivity contribution in [2.45, 2.75) is 6.42 Å². The standard InChI is InChI=1S/C21H22N4O2/c1-27-13-5-12-22-21(26)17-8-10-18(11-9-17)25-20-14-19(23-15-24-20)16-6-3-2-4-7-16/h2-4,6-11,14-15H,5,12-13H2,1H3,(H,22,26)(H,23,24,25). The van der Waals surface area contributed by atoms with Crippen LogP contribution in [0.15, 0.2) is 67.0 Å². The van der Waals surface area contributed by atoms with Gasteiger partial charge in [-0.2, -0.15) is 0 Å². The maximum atomic E-state index is 12.1. The molecule has 6 nitrogen and oxygen atoms in total. The van der Waals surface area contributed by atoms with Crippen molar-refractivity contribution in [2.75, 3.05) is 25.6 Å². The van der Waals surface area contributed by atoms with E-state index in [4.69, 9.17) is 4.74 Å². The van der Waals surface area contributed by atoms with Crippen LogP contribution < -0.4 is 10.6 Å². The number of carbonyl (C=O) groups excluding carboxylic acids is 1. The van der Waals surface area contributed by atoms with E-state index in [1.165, 1.54) is 6.33 Å². The third-order valence-corrected chi connectivity index (χ3v) is 3.97. The van der Waals surface area contributed by atoms with E-state index in [9.17, 15) is 4.79 Å². The third kappa shape index (κ3) is 5.36. The largest absolute Gasteiger partial charge is 0.385 e. The fraction of sp³-hybridized carbons (Fsp3) is 0.190. The summed E-state index contributed by atoms with van der Waals surface area (Å²) in [5.74, 6) is 0.603. The molecule has 0 saturated heterocycles. The number of nitrogens with zero attached hydrogens (tertiary/aromatic N) is 2. The first kappa shape index (κ1) is 18.5. The van der Waals surface area contributed by atoms with Crippen LogP contribution in [0.5, 0.6) is 0 Å². The number of nitrogens with one attached hydrogen (secondary N) is 2. The van der Waals surface area contributed by atoms with E-state index < -0.39 is 0 Å². The summed E-state index contributed by atoms with van der Waals surface area (Å²) in [6, 6.07) is 19.1. The number of ether oxygens (including phenoxy) is 1. The number of aromatic nitrogens is 2. The van der Waals surface area contributed by atoms with Crippen LogP contribution >= 0.6 is 0 Å². The number of carbonyl (C=O) groups is 1. The Morgan fingerprint density at radius 1 is 1.04 bits per heavy atom. The Labute approximate surface area is 158 Å². The Balaban J connectivity index is 1.62. The zero-order valence-electron chi connectivity index (χ0n) is 15.2. The second-order valence-corrected chi connectivity index (χ2v) is 5.96. The highest BCUT2D eigenvalue weighted by molar-refractivity contribution is 5.94. The molecule has 3 rings (SSSR count). The summed E-state index contributed by atoms with van der Waals surface area (Å²) in [6.45, 7) is 1.23. The lowest BCUT2D eigenvalue weighted by Gasteiger charge is -2.09. The zero-order chi connectivity index (χ0) is 18.9. The molecule has 138 valence electrons. The number of methoxy groups -OCH3 is 1.